The van der Waals surface area contributed by atoms with Crippen LogP contribution in [0.4, 0.5) is 0 Å². The number of carbonyl (C=O) groups is 1. The summed E-state index contributed by atoms with van der Waals surface area (Å²) >= 11 is 0. The molecule has 0 bridgehead atoms. The fraction of sp³-hybridized carbons (Fsp3) is 0.960. The zero-order valence-electron chi connectivity index (χ0n) is 19.0. The summed E-state index contributed by atoms with van der Waals surface area (Å²) in [4.78, 5) is 9.44. The Morgan fingerprint density at radius 2 is 1.61 bits per heavy atom. The van der Waals surface area contributed by atoms with Crippen LogP contribution in [0.25, 0.3) is 0 Å². The molecule has 0 amide bonds. The van der Waals surface area contributed by atoms with Gasteiger partial charge in [0, 0.05) is 6.04 Å². The number of hydrogen-bond donors (Lipinski definition) is 2. The molecule has 4 rings (SSSR count). The smallest absolute Gasteiger partial charge is 0.126 e. The lowest BCUT2D eigenvalue weighted by molar-refractivity contribution is -0.119. The lowest BCUT2D eigenvalue weighted by Crippen LogP contribution is -2.54. The van der Waals surface area contributed by atoms with Crippen molar-refractivity contribution in [2.24, 2.45) is 52.1 Å². The maximum absolute atomic E-state index is 9.63. The molecule has 0 saturated heterocycles. The van der Waals surface area contributed by atoms with Gasteiger partial charge in [-0.05, 0) is 112 Å². The minimum Gasteiger partial charge on any atom is -0.395 e. The van der Waals surface area contributed by atoms with Crippen LogP contribution in [0.1, 0.15) is 92.4 Å². The van der Waals surface area contributed by atoms with Gasteiger partial charge in [0.2, 0.25) is 0 Å². The monoisotopic (exact) mass is 391 g/mol. The molecule has 0 aromatic carbocycles. The number of Topliss-reactive ketones (excluding diaryl/α,β-unsaturated/α-hetero) is 1. The molecule has 4 saturated carbocycles. The van der Waals surface area contributed by atoms with Crippen molar-refractivity contribution in [2.45, 2.75) is 98.4 Å². The minimum absolute atomic E-state index is 0.000920. The predicted octanol–water partition coefficient (Wildman–Crippen LogP) is 5.20. The van der Waals surface area contributed by atoms with Crippen molar-refractivity contribution < 1.29 is 9.90 Å². The number of hydrogen-bond acceptors (Lipinski definition) is 3. The Hall–Kier alpha value is -0.410. The van der Waals surface area contributed by atoms with Gasteiger partial charge in [0.1, 0.15) is 5.78 Å². The fourth-order valence-corrected chi connectivity index (χ4v) is 8.34. The van der Waals surface area contributed by atoms with Crippen LogP contribution in [0.15, 0.2) is 0 Å². The summed E-state index contributed by atoms with van der Waals surface area (Å²) in [6, 6.07) is -0.000920. The summed E-state index contributed by atoms with van der Waals surface area (Å²) in [5.41, 5.74) is 7.35. The van der Waals surface area contributed by atoms with Crippen LogP contribution < -0.4 is 5.73 Å². The lowest BCUT2D eigenvalue weighted by Gasteiger charge is -2.61. The van der Waals surface area contributed by atoms with E-state index in [0.29, 0.717) is 16.7 Å². The molecule has 4 fully saturated rings. The number of aliphatic hydroxyl groups is 1. The average molecular weight is 392 g/mol. The maximum atomic E-state index is 9.63. The summed E-state index contributed by atoms with van der Waals surface area (Å²) < 4.78 is 0. The standard InChI is InChI=1S/C22H39NO.C3H6O/c1-14-8-10-21(2)15(12-14)4-5-16-17-6-7-19(20(23)13-24)22(17,3)11-9-18(16)21;1-3(2)4/h14-20,24H,4-13,23H2,1-3H3;1-2H3/t14-,15?,16?,17?,18?,19?,20+,21?,22?;/m0./s1. The topological polar surface area (TPSA) is 63.3 Å². The van der Waals surface area contributed by atoms with Gasteiger partial charge < -0.3 is 15.6 Å². The van der Waals surface area contributed by atoms with E-state index in [9.17, 15) is 9.90 Å². The largest absolute Gasteiger partial charge is 0.395 e. The first-order valence-electron chi connectivity index (χ1n) is 12.0. The molecule has 3 heteroatoms. The molecule has 0 radical (unpaired) electrons. The summed E-state index contributed by atoms with van der Waals surface area (Å²) in [6.07, 6.45) is 12.8. The Morgan fingerprint density at radius 1 is 1.00 bits per heavy atom. The summed E-state index contributed by atoms with van der Waals surface area (Å²) in [7, 11) is 0. The fourth-order valence-electron chi connectivity index (χ4n) is 8.34. The highest BCUT2D eigenvalue weighted by Crippen LogP contribution is 2.67. The molecule has 4 aliphatic rings. The SMILES string of the molecule is CC(C)=O.C[C@H]1CCC2(C)C(CCC3C2CCC2(C)C3CCC2[C@H](N)CO)C1. The van der Waals surface area contributed by atoms with Gasteiger partial charge in [-0.2, -0.15) is 0 Å². The van der Waals surface area contributed by atoms with Gasteiger partial charge in [0.25, 0.3) is 0 Å². The second kappa shape index (κ2) is 8.38. The van der Waals surface area contributed by atoms with Crippen LogP contribution in [-0.4, -0.2) is 23.5 Å². The van der Waals surface area contributed by atoms with Crippen molar-refractivity contribution in [3.8, 4) is 0 Å². The molecule has 7 unspecified atom stereocenters. The van der Waals surface area contributed by atoms with E-state index in [4.69, 9.17) is 5.73 Å². The lowest BCUT2D eigenvalue weighted by atomic mass is 9.44. The van der Waals surface area contributed by atoms with E-state index >= 15 is 0 Å². The molecule has 162 valence electrons. The van der Waals surface area contributed by atoms with Crippen molar-refractivity contribution in [3.05, 3.63) is 0 Å². The predicted molar refractivity (Wildman–Crippen MR) is 116 cm³/mol. The molecule has 4 aliphatic carbocycles. The number of nitrogens with two attached hydrogens (primary N) is 1. The van der Waals surface area contributed by atoms with Crippen LogP contribution in [-0.2, 0) is 4.79 Å². The summed E-state index contributed by atoms with van der Waals surface area (Å²) in [6.45, 7) is 10.9. The van der Waals surface area contributed by atoms with Crippen molar-refractivity contribution in [1.29, 1.82) is 0 Å². The molecule has 28 heavy (non-hydrogen) atoms. The molecule has 3 N–H and O–H groups in total. The average Bonchev–Trinajstić information content (AvgIpc) is 2.98. The number of aliphatic hydroxyl groups excluding tert-OH is 1. The zero-order valence-corrected chi connectivity index (χ0v) is 19.0. The Kier molecular flexibility index (Phi) is 6.67. The number of fused-ring (bicyclic) bond motifs is 5. The van der Waals surface area contributed by atoms with Crippen LogP contribution in [0, 0.1) is 46.3 Å². The van der Waals surface area contributed by atoms with E-state index in [1.165, 1.54) is 71.6 Å². The highest BCUT2D eigenvalue weighted by molar-refractivity contribution is 5.72. The number of carbonyl (C=O) groups excluding carboxylic acids is 1. The quantitative estimate of drug-likeness (QED) is 0.680. The molecule has 3 nitrogen and oxygen atoms in total. The van der Waals surface area contributed by atoms with Gasteiger partial charge in [-0.1, -0.05) is 27.2 Å². The molecule has 0 aliphatic heterocycles. The molecule has 0 spiro atoms. The van der Waals surface area contributed by atoms with Crippen molar-refractivity contribution in [3.63, 3.8) is 0 Å². The molecule has 0 heterocycles. The highest BCUT2D eigenvalue weighted by Gasteiger charge is 2.60. The third kappa shape index (κ3) is 3.83. The summed E-state index contributed by atoms with van der Waals surface area (Å²) in [5, 5.41) is 9.63. The Morgan fingerprint density at radius 3 is 2.25 bits per heavy atom. The Bertz CT molecular complexity index is 559. The van der Waals surface area contributed by atoms with E-state index in [-0.39, 0.29) is 18.4 Å². The second-order valence-electron chi connectivity index (χ2n) is 11.5. The summed E-state index contributed by atoms with van der Waals surface area (Å²) in [5.74, 6) is 5.43. The van der Waals surface area contributed by atoms with Gasteiger partial charge in [0.15, 0.2) is 0 Å². The van der Waals surface area contributed by atoms with Crippen LogP contribution in [0.5, 0.6) is 0 Å². The molecular weight excluding hydrogens is 346 g/mol. The van der Waals surface area contributed by atoms with Crippen LogP contribution in [0.2, 0.25) is 0 Å². The van der Waals surface area contributed by atoms with Crippen molar-refractivity contribution in [1.82, 2.24) is 0 Å². The number of ketones is 1. The second-order valence-corrected chi connectivity index (χ2v) is 11.5. The van der Waals surface area contributed by atoms with Crippen molar-refractivity contribution >= 4 is 5.78 Å². The van der Waals surface area contributed by atoms with E-state index in [0.717, 1.165) is 29.6 Å². The first-order chi connectivity index (χ1) is 13.1. The van der Waals surface area contributed by atoms with Gasteiger partial charge in [0.05, 0.1) is 6.61 Å². The van der Waals surface area contributed by atoms with Crippen LogP contribution >= 0.6 is 0 Å². The Labute approximate surface area is 173 Å². The molecule has 0 aromatic rings. The van der Waals surface area contributed by atoms with Gasteiger partial charge in [-0.25, -0.2) is 0 Å². The Balaban J connectivity index is 0.000000516. The zero-order chi connectivity index (χ0) is 20.7. The van der Waals surface area contributed by atoms with E-state index in [1.54, 1.807) is 0 Å². The third-order valence-electron chi connectivity index (χ3n) is 9.73. The van der Waals surface area contributed by atoms with Gasteiger partial charge >= 0.3 is 0 Å². The third-order valence-corrected chi connectivity index (χ3v) is 9.73. The van der Waals surface area contributed by atoms with Crippen LogP contribution in [0.3, 0.4) is 0 Å². The first-order valence-corrected chi connectivity index (χ1v) is 12.0. The maximum Gasteiger partial charge on any atom is 0.126 e. The van der Waals surface area contributed by atoms with Crippen molar-refractivity contribution in [2.75, 3.05) is 6.61 Å². The van der Waals surface area contributed by atoms with E-state index in [2.05, 4.69) is 20.8 Å². The highest BCUT2D eigenvalue weighted by atomic mass is 16.3. The number of rotatable bonds is 2. The molecular formula is C25H45NO2. The first kappa shape index (κ1) is 22.3. The molecule has 0 aromatic heterocycles. The van der Waals surface area contributed by atoms with E-state index < -0.39 is 0 Å². The van der Waals surface area contributed by atoms with E-state index in [1.807, 2.05) is 0 Å². The normalized spacial score (nSPS) is 48.4. The molecule has 9 atom stereocenters. The van der Waals surface area contributed by atoms with Gasteiger partial charge in [-0.3, -0.25) is 0 Å². The minimum atomic E-state index is -0.000920. The van der Waals surface area contributed by atoms with Gasteiger partial charge in [-0.15, -0.1) is 0 Å².